The fourth-order valence-corrected chi connectivity index (χ4v) is 1.43. The number of rotatable bonds is 1. The number of carbonyl (C=O) groups excluding carboxylic acids is 1. The van der Waals surface area contributed by atoms with Gasteiger partial charge in [0.05, 0.1) is 16.3 Å². The van der Waals surface area contributed by atoms with Gasteiger partial charge >= 0.3 is 12.2 Å². The van der Waals surface area contributed by atoms with Gasteiger partial charge in [0.1, 0.15) is 0 Å². The van der Waals surface area contributed by atoms with Crippen LogP contribution in [0, 0.1) is 0 Å². The molecule has 0 heterocycles. The Morgan fingerprint density at radius 1 is 1.33 bits per heavy atom. The van der Waals surface area contributed by atoms with E-state index in [1.165, 1.54) is 20.2 Å². The van der Waals surface area contributed by atoms with E-state index in [1.807, 2.05) is 0 Å². The van der Waals surface area contributed by atoms with Crippen LogP contribution in [-0.4, -0.2) is 25.0 Å². The summed E-state index contributed by atoms with van der Waals surface area (Å²) in [6.45, 7) is 0. The van der Waals surface area contributed by atoms with Crippen LogP contribution in [0.4, 0.5) is 23.7 Å². The average molecular weight is 282 g/mol. The second kappa shape index (κ2) is 5.03. The molecule has 0 saturated heterocycles. The maximum atomic E-state index is 12.6. The number of urea groups is 1. The van der Waals surface area contributed by atoms with Crippen molar-refractivity contribution in [2.24, 2.45) is 5.84 Å². The maximum Gasteiger partial charge on any atom is 0.417 e. The predicted molar refractivity (Wildman–Crippen MR) is 62.2 cm³/mol. The van der Waals surface area contributed by atoms with Gasteiger partial charge in [-0.1, -0.05) is 11.6 Å². The number of nitrogens with two attached hydrogens (primary N) is 1. The molecule has 8 heteroatoms. The molecule has 100 valence electrons. The third-order valence-corrected chi connectivity index (χ3v) is 2.45. The molecule has 1 aromatic rings. The Morgan fingerprint density at radius 2 is 1.89 bits per heavy atom. The largest absolute Gasteiger partial charge is 0.417 e. The van der Waals surface area contributed by atoms with E-state index in [2.05, 4.69) is 0 Å². The van der Waals surface area contributed by atoms with E-state index < -0.39 is 22.8 Å². The first-order chi connectivity index (χ1) is 8.14. The van der Waals surface area contributed by atoms with Gasteiger partial charge in [-0.15, -0.1) is 0 Å². The standard InChI is InChI=1S/C10H11ClF3N3O/c1-16(2)9(18)17(15)6-3-4-8(11)7(5-6)10(12,13)14/h3-5H,15H2,1-2H3. The lowest BCUT2D eigenvalue weighted by molar-refractivity contribution is -0.137. The Bertz CT molecular complexity index is 462. The lowest BCUT2D eigenvalue weighted by Crippen LogP contribution is -2.44. The first-order valence-electron chi connectivity index (χ1n) is 4.77. The van der Waals surface area contributed by atoms with Crippen molar-refractivity contribution in [1.29, 1.82) is 0 Å². The SMILES string of the molecule is CN(C)C(=O)N(N)c1ccc(Cl)c(C(F)(F)F)c1. The van der Waals surface area contributed by atoms with Crippen LogP contribution >= 0.6 is 11.6 Å². The summed E-state index contributed by atoms with van der Waals surface area (Å²) in [5, 5.41) is 0.169. The average Bonchev–Trinajstić information content (AvgIpc) is 2.26. The first kappa shape index (κ1) is 14.6. The first-order valence-corrected chi connectivity index (χ1v) is 5.15. The minimum absolute atomic E-state index is 0.0922. The van der Waals surface area contributed by atoms with E-state index in [0.717, 1.165) is 17.0 Å². The van der Waals surface area contributed by atoms with Crippen LogP contribution < -0.4 is 10.9 Å². The highest BCUT2D eigenvalue weighted by Gasteiger charge is 2.34. The van der Waals surface area contributed by atoms with E-state index in [0.29, 0.717) is 5.01 Å². The van der Waals surface area contributed by atoms with Crippen LogP contribution in [-0.2, 0) is 6.18 Å². The number of halogens is 4. The summed E-state index contributed by atoms with van der Waals surface area (Å²) in [6, 6.07) is 2.36. The number of anilines is 1. The number of alkyl halides is 3. The lowest BCUT2D eigenvalue weighted by Gasteiger charge is -2.22. The van der Waals surface area contributed by atoms with Crippen molar-refractivity contribution >= 4 is 23.3 Å². The molecule has 0 atom stereocenters. The van der Waals surface area contributed by atoms with Crippen LogP contribution in [0.1, 0.15) is 5.56 Å². The number of nitrogens with zero attached hydrogens (tertiary/aromatic N) is 2. The normalized spacial score (nSPS) is 11.3. The molecule has 4 nitrogen and oxygen atoms in total. The van der Waals surface area contributed by atoms with Crippen LogP contribution in [0.2, 0.25) is 5.02 Å². The molecule has 0 aliphatic heterocycles. The summed E-state index contributed by atoms with van der Waals surface area (Å²) in [5.41, 5.74) is -1.13. The van der Waals surface area contributed by atoms with Gasteiger partial charge in [0.15, 0.2) is 0 Å². The van der Waals surface area contributed by atoms with Crippen LogP contribution in [0.15, 0.2) is 18.2 Å². The van der Waals surface area contributed by atoms with Gasteiger partial charge in [0.2, 0.25) is 0 Å². The zero-order valence-corrected chi connectivity index (χ0v) is 10.4. The second-order valence-electron chi connectivity index (χ2n) is 3.71. The van der Waals surface area contributed by atoms with E-state index in [4.69, 9.17) is 17.4 Å². The molecular weight excluding hydrogens is 271 g/mol. The quantitative estimate of drug-likeness (QED) is 0.489. The molecule has 0 aliphatic carbocycles. The number of hydrazine groups is 1. The van der Waals surface area contributed by atoms with Crippen molar-refractivity contribution in [1.82, 2.24) is 4.90 Å². The van der Waals surface area contributed by atoms with E-state index in [9.17, 15) is 18.0 Å². The van der Waals surface area contributed by atoms with Crippen molar-refractivity contribution in [2.75, 3.05) is 19.1 Å². The Morgan fingerprint density at radius 3 is 2.33 bits per heavy atom. The Balaban J connectivity index is 3.17. The number of amides is 2. The fraction of sp³-hybridized carbons (Fsp3) is 0.300. The van der Waals surface area contributed by atoms with E-state index >= 15 is 0 Å². The minimum Gasteiger partial charge on any atom is -0.329 e. The van der Waals surface area contributed by atoms with Gasteiger partial charge < -0.3 is 4.90 Å². The summed E-state index contributed by atoms with van der Waals surface area (Å²) < 4.78 is 37.8. The molecule has 2 amide bonds. The monoisotopic (exact) mass is 281 g/mol. The van der Waals surface area contributed by atoms with Gasteiger partial charge in [-0.2, -0.15) is 13.2 Å². The molecule has 0 unspecified atom stereocenters. The molecule has 0 bridgehead atoms. The molecule has 0 aromatic heterocycles. The molecule has 18 heavy (non-hydrogen) atoms. The maximum absolute atomic E-state index is 12.6. The van der Waals surface area contributed by atoms with Gasteiger partial charge in [0, 0.05) is 14.1 Å². The molecule has 0 fully saturated rings. The highest BCUT2D eigenvalue weighted by molar-refractivity contribution is 6.31. The summed E-state index contributed by atoms with van der Waals surface area (Å²) in [5.74, 6) is 5.43. The van der Waals surface area contributed by atoms with Crippen molar-refractivity contribution in [3.8, 4) is 0 Å². The molecule has 0 spiro atoms. The van der Waals surface area contributed by atoms with E-state index in [1.54, 1.807) is 0 Å². The van der Waals surface area contributed by atoms with Gasteiger partial charge in [-0.25, -0.2) is 15.6 Å². The molecule has 1 aromatic carbocycles. The summed E-state index contributed by atoms with van der Waals surface area (Å²) >= 11 is 5.45. The topological polar surface area (TPSA) is 49.6 Å². The predicted octanol–water partition coefficient (Wildman–Crippen LogP) is 2.72. The number of benzene rings is 1. The zero-order chi connectivity index (χ0) is 14.1. The number of hydrogen-bond acceptors (Lipinski definition) is 2. The smallest absolute Gasteiger partial charge is 0.329 e. The molecular formula is C10H11ClF3N3O. The van der Waals surface area contributed by atoms with Gasteiger partial charge in [-0.05, 0) is 18.2 Å². The van der Waals surface area contributed by atoms with Gasteiger partial charge in [0.25, 0.3) is 0 Å². The summed E-state index contributed by atoms with van der Waals surface area (Å²) in [6.07, 6.45) is -4.60. The molecule has 2 N–H and O–H groups in total. The second-order valence-corrected chi connectivity index (χ2v) is 4.12. The van der Waals surface area contributed by atoms with Crippen LogP contribution in [0.5, 0.6) is 0 Å². The highest BCUT2D eigenvalue weighted by Crippen LogP contribution is 2.36. The lowest BCUT2D eigenvalue weighted by atomic mass is 10.2. The van der Waals surface area contributed by atoms with Crippen molar-refractivity contribution in [2.45, 2.75) is 6.18 Å². The van der Waals surface area contributed by atoms with Crippen molar-refractivity contribution in [3.63, 3.8) is 0 Å². The number of carbonyl (C=O) groups is 1. The Hall–Kier alpha value is -1.47. The molecule has 0 aliphatic rings. The molecule has 0 saturated carbocycles. The Kier molecular flexibility index (Phi) is 4.08. The van der Waals surface area contributed by atoms with E-state index in [-0.39, 0.29) is 5.69 Å². The van der Waals surface area contributed by atoms with Crippen molar-refractivity contribution < 1.29 is 18.0 Å². The minimum atomic E-state index is -4.60. The summed E-state index contributed by atoms with van der Waals surface area (Å²) in [7, 11) is 2.87. The third kappa shape index (κ3) is 3.05. The fourth-order valence-electron chi connectivity index (χ4n) is 1.21. The van der Waals surface area contributed by atoms with Crippen LogP contribution in [0.3, 0.4) is 0 Å². The highest BCUT2D eigenvalue weighted by atomic mass is 35.5. The van der Waals surface area contributed by atoms with Crippen LogP contribution in [0.25, 0.3) is 0 Å². The van der Waals surface area contributed by atoms with Crippen molar-refractivity contribution in [3.05, 3.63) is 28.8 Å². The summed E-state index contributed by atoms with van der Waals surface area (Å²) in [4.78, 5) is 12.6. The zero-order valence-electron chi connectivity index (χ0n) is 9.62. The molecule has 1 rings (SSSR count). The third-order valence-electron chi connectivity index (χ3n) is 2.12. The molecule has 0 radical (unpaired) electrons. The Labute approximate surface area is 107 Å². The van der Waals surface area contributed by atoms with Gasteiger partial charge in [-0.3, -0.25) is 0 Å². The number of hydrogen-bond donors (Lipinski definition) is 1.